The van der Waals surface area contributed by atoms with Crippen molar-refractivity contribution in [2.75, 3.05) is 10.6 Å². The summed E-state index contributed by atoms with van der Waals surface area (Å²) in [6.45, 7) is 4.03. The fourth-order valence-corrected chi connectivity index (χ4v) is 6.34. The van der Waals surface area contributed by atoms with Gasteiger partial charge in [0.2, 0.25) is 11.8 Å². The Morgan fingerprint density at radius 2 is 0.729 bits per heavy atom. The van der Waals surface area contributed by atoms with E-state index < -0.39 is 0 Å². The number of nitrogens with one attached hydrogen (secondary N) is 2. The molecule has 0 unspecified atom stereocenters. The molecular weight excluding hydrogens is 588 g/mol. The van der Waals surface area contributed by atoms with E-state index in [9.17, 15) is 9.59 Å². The van der Waals surface area contributed by atoms with Crippen LogP contribution in [-0.4, -0.2) is 11.8 Å². The summed E-state index contributed by atoms with van der Waals surface area (Å²) in [4.78, 5) is 26.7. The normalized spacial score (nSPS) is 11.0. The van der Waals surface area contributed by atoms with Crippen LogP contribution in [-0.2, 0) is 9.59 Å². The van der Waals surface area contributed by atoms with E-state index in [1.165, 1.54) is 0 Å². The number of carbonyl (C=O) groups excluding carboxylic acids is 2. The Kier molecular flexibility index (Phi) is 10.2. The molecule has 6 aromatic carbocycles. The fraction of sp³-hybridized carbons (Fsp3) is 0.136. The van der Waals surface area contributed by atoms with Gasteiger partial charge in [-0.1, -0.05) is 133 Å². The average molecular weight is 629 g/mol. The van der Waals surface area contributed by atoms with Gasteiger partial charge < -0.3 is 10.6 Å². The van der Waals surface area contributed by atoms with E-state index >= 15 is 0 Å². The summed E-state index contributed by atoms with van der Waals surface area (Å²) in [6, 6.07) is 52.9. The minimum Gasteiger partial charge on any atom is -0.326 e. The van der Waals surface area contributed by atoms with Gasteiger partial charge in [-0.05, 0) is 82.6 Å². The highest BCUT2D eigenvalue weighted by Crippen LogP contribution is 2.32. The van der Waals surface area contributed by atoms with Crippen molar-refractivity contribution in [3.63, 3.8) is 0 Å². The minimum atomic E-state index is -0.0310. The van der Waals surface area contributed by atoms with Crippen LogP contribution in [0.25, 0.3) is 11.1 Å². The van der Waals surface area contributed by atoms with Crippen LogP contribution in [0, 0.1) is 13.8 Å². The molecule has 0 aliphatic rings. The Hall–Kier alpha value is -5.74. The molecule has 6 rings (SSSR count). The number of amides is 2. The van der Waals surface area contributed by atoms with Gasteiger partial charge in [-0.25, -0.2) is 0 Å². The zero-order chi connectivity index (χ0) is 33.3. The zero-order valence-corrected chi connectivity index (χ0v) is 27.4. The van der Waals surface area contributed by atoms with Gasteiger partial charge in [-0.15, -0.1) is 0 Å². The Labute approximate surface area is 283 Å². The second-order valence-corrected chi connectivity index (χ2v) is 12.3. The smallest absolute Gasteiger partial charge is 0.225 e. The number of benzene rings is 6. The SMILES string of the molecule is Cc1cc(-c2ccc(NC(=O)CC(c3ccccc3)c3ccccc3)c(C)c2)ccc1NC(=O)CC(c1ccccc1)c1ccccc1. The summed E-state index contributed by atoms with van der Waals surface area (Å²) in [7, 11) is 0. The van der Waals surface area contributed by atoms with Crippen molar-refractivity contribution in [3.8, 4) is 11.1 Å². The van der Waals surface area contributed by atoms with Gasteiger partial charge >= 0.3 is 0 Å². The Balaban J connectivity index is 1.12. The van der Waals surface area contributed by atoms with E-state index in [1.54, 1.807) is 0 Å². The van der Waals surface area contributed by atoms with E-state index in [1.807, 2.05) is 111 Å². The largest absolute Gasteiger partial charge is 0.326 e. The predicted molar refractivity (Wildman–Crippen MR) is 197 cm³/mol. The molecule has 48 heavy (non-hydrogen) atoms. The molecule has 0 spiro atoms. The summed E-state index contributed by atoms with van der Waals surface area (Å²) in [5, 5.41) is 6.31. The molecule has 0 aromatic heterocycles. The standard InChI is InChI=1S/C44H40N2O2/c1-31-27-37(23-25-41(31)45-43(47)29-39(33-15-7-3-8-16-33)34-17-9-4-10-18-34)38-24-26-42(32(2)28-38)46-44(48)30-40(35-19-11-5-12-20-35)36-21-13-6-14-22-36/h3-28,39-40H,29-30H2,1-2H3,(H,45,47)(H,46,48). The molecule has 2 N–H and O–H groups in total. The molecule has 0 saturated carbocycles. The first-order chi connectivity index (χ1) is 23.4. The molecule has 4 heteroatoms. The monoisotopic (exact) mass is 628 g/mol. The molecule has 6 aromatic rings. The molecule has 0 bridgehead atoms. The summed E-state index contributed by atoms with van der Waals surface area (Å²) >= 11 is 0. The molecule has 0 aliphatic carbocycles. The highest BCUT2D eigenvalue weighted by Gasteiger charge is 2.20. The van der Waals surface area contributed by atoms with E-state index in [-0.39, 0.29) is 23.7 Å². The third-order valence-corrected chi connectivity index (χ3v) is 8.92. The third kappa shape index (κ3) is 7.97. The quantitative estimate of drug-likeness (QED) is 0.150. The molecule has 2 amide bonds. The molecule has 0 aliphatic heterocycles. The van der Waals surface area contributed by atoms with Crippen LogP contribution in [0.15, 0.2) is 158 Å². The Bertz CT molecular complexity index is 1750. The highest BCUT2D eigenvalue weighted by atomic mass is 16.2. The lowest BCUT2D eigenvalue weighted by Crippen LogP contribution is -2.17. The van der Waals surface area contributed by atoms with E-state index in [0.29, 0.717) is 12.8 Å². The maximum atomic E-state index is 13.3. The molecule has 0 heterocycles. The lowest BCUT2D eigenvalue weighted by molar-refractivity contribution is -0.117. The number of hydrogen-bond acceptors (Lipinski definition) is 2. The van der Waals surface area contributed by atoms with Crippen molar-refractivity contribution in [2.24, 2.45) is 0 Å². The van der Waals surface area contributed by atoms with Crippen LogP contribution >= 0.6 is 0 Å². The number of aryl methyl sites for hydroxylation is 2. The topological polar surface area (TPSA) is 58.2 Å². The summed E-state index contributed by atoms with van der Waals surface area (Å²) in [5.41, 5.74) is 10.1. The van der Waals surface area contributed by atoms with Crippen LogP contribution < -0.4 is 10.6 Å². The van der Waals surface area contributed by atoms with Crippen molar-refractivity contribution >= 4 is 23.2 Å². The molecule has 4 nitrogen and oxygen atoms in total. The summed E-state index contributed by atoms with van der Waals surface area (Å²) in [5.74, 6) is -0.115. The molecule has 0 radical (unpaired) electrons. The first kappa shape index (κ1) is 32.2. The Morgan fingerprint density at radius 1 is 0.438 bits per heavy atom. The van der Waals surface area contributed by atoms with Crippen molar-refractivity contribution in [2.45, 2.75) is 38.5 Å². The minimum absolute atomic E-state index is 0.0266. The second-order valence-electron chi connectivity index (χ2n) is 12.3. The van der Waals surface area contributed by atoms with Crippen LogP contribution in [0.4, 0.5) is 11.4 Å². The van der Waals surface area contributed by atoms with Crippen molar-refractivity contribution in [1.29, 1.82) is 0 Å². The lowest BCUT2D eigenvalue weighted by Gasteiger charge is -2.19. The van der Waals surface area contributed by atoms with Gasteiger partial charge in [0.05, 0.1) is 0 Å². The molecular formula is C44H40N2O2. The summed E-state index contributed by atoms with van der Waals surface area (Å²) in [6.07, 6.45) is 0.693. The number of carbonyl (C=O) groups is 2. The highest BCUT2D eigenvalue weighted by molar-refractivity contribution is 5.94. The number of anilines is 2. The average Bonchev–Trinajstić information content (AvgIpc) is 3.13. The lowest BCUT2D eigenvalue weighted by atomic mass is 9.88. The molecule has 0 atom stereocenters. The molecule has 0 fully saturated rings. The molecule has 238 valence electrons. The number of rotatable bonds is 11. The Morgan fingerprint density at radius 3 is 1.00 bits per heavy atom. The van der Waals surface area contributed by atoms with Crippen LogP contribution in [0.3, 0.4) is 0 Å². The van der Waals surface area contributed by atoms with E-state index in [4.69, 9.17) is 0 Å². The maximum absolute atomic E-state index is 13.3. The van der Waals surface area contributed by atoms with Gasteiger partial charge in [0.25, 0.3) is 0 Å². The van der Waals surface area contributed by atoms with Crippen LogP contribution in [0.1, 0.15) is 58.1 Å². The van der Waals surface area contributed by atoms with Crippen LogP contribution in [0.5, 0.6) is 0 Å². The molecule has 0 saturated heterocycles. The van der Waals surface area contributed by atoms with Gasteiger partial charge in [0, 0.05) is 36.1 Å². The first-order valence-corrected chi connectivity index (χ1v) is 16.5. The number of hydrogen-bond donors (Lipinski definition) is 2. The van der Waals surface area contributed by atoms with Gasteiger partial charge in [-0.3, -0.25) is 9.59 Å². The summed E-state index contributed by atoms with van der Waals surface area (Å²) < 4.78 is 0. The maximum Gasteiger partial charge on any atom is 0.225 e. The van der Waals surface area contributed by atoms with Gasteiger partial charge in [-0.2, -0.15) is 0 Å². The fourth-order valence-electron chi connectivity index (χ4n) is 6.34. The third-order valence-electron chi connectivity index (χ3n) is 8.92. The first-order valence-electron chi connectivity index (χ1n) is 16.5. The zero-order valence-electron chi connectivity index (χ0n) is 27.4. The predicted octanol–water partition coefficient (Wildman–Crippen LogP) is 10.3. The van der Waals surface area contributed by atoms with Gasteiger partial charge in [0.1, 0.15) is 0 Å². The van der Waals surface area contributed by atoms with Crippen molar-refractivity contribution in [3.05, 3.63) is 191 Å². The van der Waals surface area contributed by atoms with Crippen molar-refractivity contribution in [1.82, 2.24) is 0 Å². The second kappa shape index (κ2) is 15.2. The van der Waals surface area contributed by atoms with Crippen molar-refractivity contribution < 1.29 is 9.59 Å². The van der Waals surface area contributed by atoms with Gasteiger partial charge in [0.15, 0.2) is 0 Å². The van der Waals surface area contributed by atoms with Crippen LogP contribution in [0.2, 0.25) is 0 Å². The van der Waals surface area contributed by atoms with E-state index in [2.05, 4.69) is 71.3 Å². The van der Waals surface area contributed by atoms with E-state index in [0.717, 1.165) is 55.9 Å².